The average molecular weight is 392 g/mol. The van der Waals surface area contributed by atoms with Crippen molar-refractivity contribution in [2.24, 2.45) is 10.7 Å². The first-order valence-corrected chi connectivity index (χ1v) is 9.93. The maximum absolute atomic E-state index is 12.3. The van der Waals surface area contributed by atoms with Gasteiger partial charge in [0.05, 0.1) is 5.69 Å². The first-order chi connectivity index (χ1) is 12.7. The van der Waals surface area contributed by atoms with E-state index >= 15 is 0 Å². The van der Waals surface area contributed by atoms with Crippen molar-refractivity contribution in [2.45, 2.75) is 64.5 Å². The number of nitrogens with two attached hydrogens (primary N) is 1. The van der Waals surface area contributed by atoms with Gasteiger partial charge in [-0.2, -0.15) is 0 Å². The molecule has 3 rings (SSSR count). The van der Waals surface area contributed by atoms with Gasteiger partial charge in [-0.15, -0.1) is 0 Å². The van der Waals surface area contributed by atoms with E-state index in [2.05, 4.69) is 34.5 Å². The smallest absolute Gasteiger partial charge is 0.275 e. The fourth-order valence-corrected chi connectivity index (χ4v) is 4.35. The molecule has 0 radical (unpaired) electrons. The summed E-state index contributed by atoms with van der Waals surface area (Å²) in [5.74, 6) is -0.255. The largest absolute Gasteiger partial charge is 0.476 e. The van der Waals surface area contributed by atoms with E-state index in [0.717, 1.165) is 12.1 Å². The Balaban J connectivity index is 0.00000126. The van der Waals surface area contributed by atoms with E-state index in [1.54, 1.807) is 24.0 Å². The number of thioether (sulfide) groups is 1. The number of anilines is 1. The molecule has 4 N–H and O–H groups in total. The number of rotatable bonds is 3. The summed E-state index contributed by atoms with van der Waals surface area (Å²) >= 11 is 1.57. The zero-order valence-corrected chi connectivity index (χ0v) is 17.6. The Bertz CT molecular complexity index is 762. The number of hydrogen-bond acceptors (Lipinski definition) is 7. The molecule has 1 unspecified atom stereocenters. The summed E-state index contributed by atoms with van der Waals surface area (Å²) in [6.45, 7) is 12.1. The summed E-state index contributed by atoms with van der Waals surface area (Å²) in [5, 5.41) is 6.36. The summed E-state index contributed by atoms with van der Waals surface area (Å²) < 4.78 is 5.18. The Hall–Kier alpha value is -2.22. The van der Waals surface area contributed by atoms with Gasteiger partial charge in [-0.05, 0) is 32.4 Å². The van der Waals surface area contributed by atoms with Gasteiger partial charge in [0.1, 0.15) is 17.5 Å². The van der Waals surface area contributed by atoms with E-state index in [9.17, 15) is 4.79 Å². The number of amidine groups is 1. The molecule has 0 aliphatic carbocycles. The number of carbonyl (C=O) groups is 1. The van der Waals surface area contributed by atoms with Gasteiger partial charge >= 0.3 is 0 Å². The predicted molar refractivity (Wildman–Crippen MR) is 111 cm³/mol. The number of aliphatic imine (C=N–C) groups is 1. The minimum Gasteiger partial charge on any atom is -0.476 e. The van der Waals surface area contributed by atoms with Crippen LogP contribution in [0.25, 0.3) is 0 Å². The van der Waals surface area contributed by atoms with Crippen molar-refractivity contribution in [3.05, 3.63) is 36.0 Å². The number of pyridine rings is 1. The van der Waals surface area contributed by atoms with Crippen molar-refractivity contribution >= 4 is 28.5 Å². The molecule has 0 saturated heterocycles. The third kappa shape index (κ3) is 5.15. The van der Waals surface area contributed by atoms with Crippen molar-refractivity contribution < 1.29 is 9.53 Å². The molecule has 2 atom stereocenters. The summed E-state index contributed by atoms with van der Waals surface area (Å²) in [5.41, 5.74) is 7.33. The van der Waals surface area contributed by atoms with Crippen molar-refractivity contribution in [3.63, 3.8) is 0 Å². The van der Waals surface area contributed by atoms with E-state index in [0.29, 0.717) is 16.6 Å². The lowest BCUT2D eigenvalue weighted by Crippen LogP contribution is -2.38. The lowest BCUT2D eigenvalue weighted by molar-refractivity contribution is -0.113. The first-order valence-electron chi connectivity index (χ1n) is 9.11. The zero-order valence-electron chi connectivity index (χ0n) is 16.8. The highest BCUT2D eigenvalue weighted by Crippen LogP contribution is 2.44. The van der Waals surface area contributed by atoms with Gasteiger partial charge in [0.2, 0.25) is 0 Å². The number of hydrogen-bond donors (Lipinski definition) is 3. The molecular weight excluding hydrogens is 362 g/mol. The molecule has 27 heavy (non-hydrogen) atoms. The van der Waals surface area contributed by atoms with Crippen LogP contribution in [0.1, 0.15) is 53.7 Å². The monoisotopic (exact) mass is 391 g/mol. The molecule has 2 aliphatic rings. The van der Waals surface area contributed by atoms with E-state index < -0.39 is 5.54 Å². The Morgan fingerprint density at radius 2 is 2.11 bits per heavy atom. The van der Waals surface area contributed by atoms with Crippen LogP contribution in [0.15, 0.2) is 35.3 Å². The highest BCUT2D eigenvalue weighted by molar-refractivity contribution is 8.15. The molecule has 2 aliphatic heterocycles. The topological polar surface area (TPSA) is 102 Å². The lowest BCUT2D eigenvalue weighted by Gasteiger charge is -2.38. The van der Waals surface area contributed by atoms with Crippen molar-refractivity contribution in [2.75, 3.05) is 5.32 Å². The third-order valence-electron chi connectivity index (χ3n) is 4.07. The van der Waals surface area contributed by atoms with Gasteiger partial charge in [0.15, 0.2) is 11.4 Å². The molecule has 1 amide bonds. The van der Waals surface area contributed by atoms with Crippen LogP contribution in [0.5, 0.6) is 0 Å². The maximum atomic E-state index is 12.3. The van der Waals surface area contributed by atoms with Crippen LogP contribution in [0.4, 0.5) is 5.69 Å². The van der Waals surface area contributed by atoms with Gasteiger partial charge in [-0.3, -0.25) is 9.78 Å². The number of ether oxygens (including phenoxy) is 1. The van der Waals surface area contributed by atoms with Crippen LogP contribution in [0.2, 0.25) is 0 Å². The second kappa shape index (κ2) is 8.21. The number of nitrogens with zero attached hydrogens (tertiary/aromatic N) is 2. The predicted octanol–water partition coefficient (Wildman–Crippen LogP) is 3.30. The molecular formula is C19H29N5O2S. The number of nitrogens with one attached hydrogen (secondary N) is 2. The summed E-state index contributed by atoms with van der Waals surface area (Å²) in [7, 11) is 0. The SMILES string of the molecule is CC.CC1NC(C(=O)Nc2ccnc([C@]3(C)CC(C)(C)SC(N)=N3)c2)=CO1. The zero-order chi connectivity index (χ0) is 20.2. The van der Waals surface area contributed by atoms with Crippen LogP contribution in [0, 0.1) is 0 Å². The summed E-state index contributed by atoms with van der Waals surface area (Å²) in [6, 6.07) is 3.60. The fraction of sp³-hybridized carbons (Fsp3) is 0.526. The van der Waals surface area contributed by atoms with Gasteiger partial charge in [0.25, 0.3) is 5.91 Å². The average Bonchev–Trinajstić information content (AvgIpc) is 3.01. The minimum absolute atomic E-state index is 0.0342. The lowest BCUT2D eigenvalue weighted by atomic mass is 9.87. The molecule has 8 heteroatoms. The van der Waals surface area contributed by atoms with E-state index in [1.165, 1.54) is 6.26 Å². The highest BCUT2D eigenvalue weighted by Gasteiger charge is 2.40. The quantitative estimate of drug-likeness (QED) is 0.731. The van der Waals surface area contributed by atoms with Gasteiger partial charge < -0.3 is 21.1 Å². The third-order valence-corrected chi connectivity index (χ3v) is 5.07. The van der Waals surface area contributed by atoms with Crippen molar-refractivity contribution in [1.29, 1.82) is 0 Å². The molecule has 0 spiro atoms. The molecule has 0 fully saturated rings. The number of carbonyl (C=O) groups excluding carboxylic acids is 1. The standard InChI is InChI=1S/C17H23N5O2S.C2H6/c1-10-20-12(8-24-10)14(23)21-11-5-6-19-13(7-11)17(4)9-16(2,3)25-15(18)22-17;1-2/h5-8,10,20H,9H2,1-4H3,(H2,18,22)(H,19,21,23);1-2H3/t10?,17-;/m0./s1. The molecule has 0 saturated carbocycles. The molecule has 1 aromatic rings. The van der Waals surface area contributed by atoms with Crippen LogP contribution in [0.3, 0.4) is 0 Å². The van der Waals surface area contributed by atoms with Crippen LogP contribution in [-0.4, -0.2) is 27.0 Å². The summed E-state index contributed by atoms with van der Waals surface area (Å²) in [6.07, 6.45) is 3.70. The Morgan fingerprint density at radius 3 is 2.70 bits per heavy atom. The Kier molecular flexibility index (Phi) is 6.41. The number of amides is 1. The fourth-order valence-electron chi connectivity index (χ4n) is 3.18. The maximum Gasteiger partial charge on any atom is 0.275 e. The van der Waals surface area contributed by atoms with Crippen molar-refractivity contribution in [1.82, 2.24) is 10.3 Å². The van der Waals surface area contributed by atoms with Crippen LogP contribution >= 0.6 is 11.8 Å². The molecule has 3 heterocycles. The molecule has 0 bridgehead atoms. The first kappa shape index (κ1) is 21.1. The van der Waals surface area contributed by atoms with Crippen molar-refractivity contribution in [3.8, 4) is 0 Å². The van der Waals surface area contributed by atoms with E-state index in [4.69, 9.17) is 10.5 Å². The van der Waals surface area contributed by atoms with Gasteiger partial charge in [0, 0.05) is 16.6 Å². The minimum atomic E-state index is -0.526. The molecule has 7 nitrogen and oxygen atoms in total. The Morgan fingerprint density at radius 1 is 1.41 bits per heavy atom. The normalized spacial score (nSPS) is 25.8. The molecule has 148 valence electrons. The number of aromatic nitrogens is 1. The molecule has 1 aromatic heterocycles. The van der Waals surface area contributed by atoms with Crippen LogP contribution in [-0.2, 0) is 15.1 Å². The second-order valence-corrected chi connectivity index (χ2v) is 8.83. The van der Waals surface area contributed by atoms with E-state index in [-0.39, 0.29) is 16.9 Å². The van der Waals surface area contributed by atoms with Gasteiger partial charge in [-0.25, -0.2) is 4.99 Å². The van der Waals surface area contributed by atoms with Crippen LogP contribution < -0.4 is 16.4 Å². The highest BCUT2D eigenvalue weighted by atomic mass is 32.2. The Labute approximate surface area is 165 Å². The summed E-state index contributed by atoms with van der Waals surface area (Å²) in [4.78, 5) is 21.4. The van der Waals surface area contributed by atoms with E-state index in [1.807, 2.05) is 33.8 Å². The van der Waals surface area contributed by atoms with Gasteiger partial charge in [-0.1, -0.05) is 39.5 Å². The second-order valence-electron chi connectivity index (χ2n) is 7.10. The molecule has 0 aromatic carbocycles.